The number of amides is 1. The maximum Gasteiger partial charge on any atom is 0.412 e. The molecule has 0 saturated heterocycles. The summed E-state index contributed by atoms with van der Waals surface area (Å²) in [5, 5.41) is 20.6. The summed E-state index contributed by atoms with van der Waals surface area (Å²) in [7, 11) is 1.35. The molecule has 2 atom stereocenters. The summed E-state index contributed by atoms with van der Waals surface area (Å²) >= 11 is 0. The van der Waals surface area contributed by atoms with Crippen LogP contribution in [0.1, 0.15) is 28.9 Å². The van der Waals surface area contributed by atoms with Crippen molar-refractivity contribution in [1.82, 2.24) is 0 Å². The Morgan fingerprint density at radius 1 is 1.09 bits per heavy atom. The number of nitrogens with one attached hydrogen (secondary N) is 1. The van der Waals surface area contributed by atoms with Gasteiger partial charge in [0.05, 0.1) is 6.61 Å². The number of Topliss-reactive ketones (excluding diaryl/α,β-unsaturated/α-hetero) is 1. The smallest absolute Gasteiger partial charge is 0.412 e. The van der Waals surface area contributed by atoms with Crippen molar-refractivity contribution in [3.63, 3.8) is 0 Å². The Labute approximate surface area is 185 Å². The number of methoxy groups -OCH3 is 1. The maximum atomic E-state index is 12.6. The Morgan fingerprint density at radius 3 is 2.38 bits per heavy atom. The van der Waals surface area contributed by atoms with E-state index < -0.39 is 24.3 Å². The molecule has 170 valence electrons. The van der Waals surface area contributed by atoms with Gasteiger partial charge < -0.3 is 24.4 Å². The van der Waals surface area contributed by atoms with E-state index in [4.69, 9.17) is 24.4 Å². The molecule has 0 fully saturated rings. The van der Waals surface area contributed by atoms with Crippen LogP contribution in [0.2, 0.25) is 0 Å². The summed E-state index contributed by atoms with van der Waals surface area (Å²) in [6.45, 7) is 1.23. The third kappa shape index (κ3) is 7.22. The van der Waals surface area contributed by atoms with Crippen LogP contribution in [0.4, 0.5) is 10.5 Å². The van der Waals surface area contributed by atoms with E-state index >= 15 is 0 Å². The van der Waals surface area contributed by atoms with Crippen LogP contribution in [0.3, 0.4) is 0 Å². The lowest BCUT2D eigenvalue weighted by Crippen LogP contribution is -2.27. The average molecular weight is 443 g/mol. The predicted octanol–water partition coefficient (Wildman–Crippen LogP) is 3.21. The van der Waals surface area contributed by atoms with E-state index in [0.717, 1.165) is 6.08 Å². The molecule has 9 heteroatoms. The summed E-state index contributed by atoms with van der Waals surface area (Å²) in [6, 6.07) is 12.9. The standard InChI is InChI=1S/C23H25NO8/c1-15(26)16-7-9-17(10-8-16)24-23(29)32-22(20(30-2)11-12-21(27)28)18-5-3-4-6-19(18)31-14-13-25/h3-12,20,22,25H,13-14H2,1-2H3,(H,24,29)(H,27,28)/b12-11+/t20-,22-/m1/s1. The molecule has 0 saturated carbocycles. The number of rotatable bonds is 11. The minimum atomic E-state index is -1.19. The first-order valence-corrected chi connectivity index (χ1v) is 9.70. The second-order valence-corrected chi connectivity index (χ2v) is 6.59. The van der Waals surface area contributed by atoms with Crippen molar-refractivity contribution >= 4 is 23.5 Å². The topological polar surface area (TPSA) is 131 Å². The number of aliphatic hydroxyl groups is 1. The molecular formula is C23H25NO8. The van der Waals surface area contributed by atoms with E-state index in [1.54, 1.807) is 48.5 Å². The van der Waals surface area contributed by atoms with Crippen LogP contribution < -0.4 is 10.1 Å². The van der Waals surface area contributed by atoms with Crippen LogP contribution in [0.5, 0.6) is 5.75 Å². The summed E-state index contributed by atoms with van der Waals surface area (Å²) in [6.07, 6.45) is -0.698. The molecule has 0 aromatic heterocycles. The fraction of sp³-hybridized carbons (Fsp3) is 0.261. The number of aliphatic carboxylic acids is 1. The van der Waals surface area contributed by atoms with E-state index in [2.05, 4.69) is 5.32 Å². The largest absolute Gasteiger partial charge is 0.491 e. The molecule has 0 aliphatic rings. The van der Waals surface area contributed by atoms with Gasteiger partial charge in [0.1, 0.15) is 18.5 Å². The van der Waals surface area contributed by atoms with Gasteiger partial charge in [0.15, 0.2) is 11.9 Å². The number of hydrogen-bond donors (Lipinski definition) is 3. The van der Waals surface area contributed by atoms with Gasteiger partial charge in [0, 0.05) is 30.0 Å². The minimum Gasteiger partial charge on any atom is -0.491 e. The number of carbonyl (C=O) groups excluding carboxylic acids is 2. The molecule has 0 radical (unpaired) electrons. The van der Waals surface area contributed by atoms with E-state index in [-0.39, 0.29) is 19.0 Å². The van der Waals surface area contributed by atoms with Crippen molar-refractivity contribution in [3.8, 4) is 5.75 Å². The van der Waals surface area contributed by atoms with Gasteiger partial charge in [0.25, 0.3) is 0 Å². The van der Waals surface area contributed by atoms with Gasteiger partial charge in [-0.05, 0) is 43.3 Å². The fourth-order valence-electron chi connectivity index (χ4n) is 2.84. The van der Waals surface area contributed by atoms with Crippen molar-refractivity contribution in [2.24, 2.45) is 0 Å². The van der Waals surface area contributed by atoms with Gasteiger partial charge in [-0.1, -0.05) is 18.2 Å². The SMILES string of the molecule is CO[C@H](/C=C/C(=O)O)[C@H](OC(=O)Nc1ccc(C(C)=O)cc1)c1ccccc1OCCO. The number of ether oxygens (including phenoxy) is 3. The van der Waals surface area contributed by atoms with Crippen LogP contribution >= 0.6 is 0 Å². The van der Waals surface area contributed by atoms with Gasteiger partial charge in [0.2, 0.25) is 0 Å². The molecule has 0 spiro atoms. The number of benzene rings is 2. The van der Waals surface area contributed by atoms with Crippen LogP contribution in [0.25, 0.3) is 0 Å². The van der Waals surface area contributed by atoms with E-state index in [1.165, 1.54) is 20.1 Å². The van der Waals surface area contributed by atoms with E-state index in [0.29, 0.717) is 22.6 Å². The van der Waals surface area contributed by atoms with Crippen molar-refractivity contribution in [2.45, 2.75) is 19.1 Å². The summed E-state index contributed by atoms with van der Waals surface area (Å²) in [5.74, 6) is -0.951. The lowest BCUT2D eigenvalue weighted by molar-refractivity contribution is -0.131. The number of hydrogen-bond acceptors (Lipinski definition) is 7. The Balaban J connectivity index is 2.31. The van der Waals surface area contributed by atoms with Crippen molar-refractivity contribution < 1.29 is 38.8 Å². The number of ketones is 1. The Kier molecular flexibility index (Phi) is 9.40. The van der Waals surface area contributed by atoms with Gasteiger partial charge in [-0.25, -0.2) is 9.59 Å². The third-order valence-corrected chi connectivity index (χ3v) is 4.35. The first-order chi connectivity index (χ1) is 15.3. The van der Waals surface area contributed by atoms with Crippen molar-refractivity contribution in [1.29, 1.82) is 0 Å². The monoisotopic (exact) mass is 443 g/mol. The van der Waals surface area contributed by atoms with Gasteiger partial charge in [-0.3, -0.25) is 10.1 Å². The number of carbonyl (C=O) groups is 3. The average Bonchev–Trinajstić information content (AvgIpc) is 2.77. The van der Waals surface area contributed by atoms with Gasteiger partial charge in [-0.2, -0.15) is 0 Å². The molecule has 2 rings (SSSR count). The molecule has 3 N–H and O–H groups in total. The molecular weight excluding hydrogens is 418 g/mol. The number of aliphatic hydroxyl groups excluding tert-OH is 1. The molecule has 0 bridgehead atoms. The van der Waals surface area contributed by atoms with Gasteiger partial charge in [-0.15, -0.1) is 0 Å². The zero-order chi connectivity index (χ0) is 23.5. The number of carboxylic acids is 1. The van der Waals surface area contributed by atoms with Crippen molar-refractivity contribution in [3.05, 3.63) is 71.8 Å². The fourth-order valence-corrected chi connectivity index (χ4v) is 2.84. The van der Waals surface area contributed by atoms with Crippen LogP contribution in [0, 0.1) is 0 Å². The molecule has 2 aromatic rings. The van der Waals surface area contributed by atoms with Crippen molar-refractivity contribution in [2.75, 3.05) is 25.6 Å². The molecule has 0 unspecified atom stereocenters. The number of para-hydroxylation sites is 1. The second kappa shape index (κ2) is 12.2. The second-order valence-electron chi connectivity index (χ2n) is 6.59. The molecule has 32 heavy (non-hydrogen) atoms. The molecule has 2 aromatic carbocycles. The Bertz CT molecular complexity index is 955. The zero-order valence-corrected chi connectivity index (χ0v) is 17.7. The first kappa shape index (κ1) is 24.6. The molecule has 0 aliphatic heterocycles. The van der Waals surface area contributed by atoms with Crippen LogP contribution in [-0.4, -0.2) is 54.5 Å². The highest BCUT2D eigenvalue weighted by Crippen LogP contribution is 2.32. The minimum absolute atomic E-state index is 0.0149. The summed E-state index contributed by atoms with van der Waals surface area (Å²) in [4.78, 5) is 35.0. The summed E-state index contributed by atoms with van der Waals surface area (Å²) < 4.78 is 16.5. The normalized spacial score (nSPS) is 12.7. The lowest BCUT2D eigenvalue weighted by Gasteiger charge is -2.26. The zero-order valence-electron chi connectivity index (χ0n) is 17.7. The highest BCUT2D eigenvalue weighted by Gasteiger charge is 2.28. The quantitative estimate of drug-likeness (QED) is 0.356. The third-order valence-electron chi connectivity index (χ3n) is 4.35. The molecule has 0 aliphatic carbocycles. The lowest BCUT2D eigenvalue weighted by atomic mass is 10.0. The number of anilines is 1. The highest BCUT2D eigenvalue weighted by atomic mass is 16.6. The van der Waals surface area contributed by atoms with Gasteiger partial charge >= 0.3 is 12.1 Å². The highest BCUT2D eigenvalue weighted by molar-refractivity contribution is 5.95. The van der Waals surface area contributed by atoms with E-state index in [9.17, 15) is 14.4 Å². The van der Waals surface area contributed by atoms with Crippen LogP contribution in [-0.2, 0) is 14.3 Å². The first-order valence-electron chi connectivity index (χ1n) is 9.70. The summed E-state index contributed by atoms with van der Waals surface area (Å²) in [5.41, 5.74) is 1.32. The molecule has 0 heterocycles. The Hall–Kier alpha value is -3.69. The molecule has 9 nitrogen and oxygen atoms in total. The number of carboxylic acid groups (broad SMARTS) is 1. The van der Waals surface area contributed by atoms with E-state index in [1.807, 2.05) is 0 Å². The van der Waals surface area contributed by atoms with Crippen LogP contribution in [0.15, 0.2) is 60.7 Å². The Morgan fingerprint density at radius 2 is 1.78 bits per heavy atom. The molecule has 1 amide bonds. The predicted molar refractivity (Wildman–Crippen MR) is 116 cm³/mol. The maximum absolute atomic E-state index is 12.6.